The zero-order valence-electron chi connectivity index (χ0n) is 15.2. The molecule has 8 heteroatoms. The number of anilines is 1. The number of ether oxygens (including phenoxy) is 1. The van der Waals surface area contributed by atoms with Crippen LogP contribution < -0.4 is 5.32 Å². The van der Waals surface area contributed by atoms with Crippen molar-refractivity contribution in [2.24, 2.45) is 0 Å². The molecule has 0 bridgehead atoms. The molecule has 144 valence electrons. The molecule has 1 aromatic carbocycles. The van der Waals surface area contributed by atoms with E-state index in [1.54, 1.807) is 32.9 Å². The number of thiophene rings is 1. The second-order valence-corrected chi connectivity index (χ2v) is 7.36. The Kier molecular flexibility index (Phi) is 6.68. The first-order chi connectivity index (χ1) is 12.7. The average molecular weight is 393 g/mol. The molecule has 1 amide bonds. The zero-order valence-corrected chi connectivity index (χ0v) is 16.0. The minimum Gasteiger partial charge on any atom is -0.481 e. The van der Waals surface area contributed by atoms with E-state index < -0.39 is 23.7 Å². The van der Waals surface area contributed by atoms with E-state index in [1.807, 2.05) is 0 Å². The Morgan fingerprint density at radius 2 is 1.81 bits per heavy atom. The van der Waals surface area contributed by atoms with E-state index in [2.05, 4.69) is 5.32 Å². The van der Waals surface area contributed by atoms with Crippen molar-refractivity contribution in [3.63, 3.8) is 0 Å². The lowest BCUT2D eigenvalue weighted by molar-refractivity contribution is -0.138. The molecule has 0 aliphatic heterocycles. The van der Waals surface area contributed by atoms with Crippen LogP contribution >= 0.6 is 11.3 Å². The summed E-state index contributed by atoms with van der Waals surface area (Å²) in [6.07, 6.45) is -0.891. The van der Waals surface area contributed by atoms with Crippen molar-refractivity contribution >= 4 is 34.2 Å². The highest BCUT2D eigenvalue weighted by atomic mass is 32.1. The first kappa shape index (κ1) is 20.6. The summed E-state index contributed by atoms with van der Waals surface area (Å²) < 4.78 is 18.6. The van der Waals surface area contributed by atoms with Gasteiger partial charge in [-0.1, -0.05) is 12.1 Å². The maximum absolute atomic E-state index is 13.3. The van der Waals surface area contributed by atoms with Gasteiger partial charge in [0.1, 0.15) is 16.4 Å². The predicted octanol–water partition coefficient (Wildman–Crippen LogP) is 4.23. The van der Waals surface area contributed by atoms with Crippen LogP contribution in [-0.4, -0.2) is 29.1 Å². The van der Waals surface area contributed by atoms with Gasteiger partial charge in [-0.3, -0.25) is 9.59 Å². The Labute approximate surface area is 160 Å². The second kappa shape index (κ2) is 8.77. The fraction of sp³-hybridized carbons (Fsp3) is 0.316. The summed E-state index contributed by atoms with van der Waals surface area (Å²) in [5, 5.41) is 11.6. The molecule has 0 aliphatic rings. The zero-order chi connectivity index (χ0) is 20.1. The number of hydrogen-bond donors (Lipinski definition) is 2. The number of aryl methyl sites for hydroxylation is 1. The first-order valence-corrected chi connectivity index (χ1v) is 9.12. The number of aliphatic carboxylic acids is 1. The topological polar surface area (TPSA) is 92.7 Å². The molecule has 0 saturated carbocycles. The molecule has 0 atom stereocenters. The number of carbonyl (C=O) groups is 3. The SMILES string of the molecule is Cc1sc(NC(=O)CCC(=O)O)c(C(=O)OC(C)C)c1-c1ccc(F)cc1. The molecule has 1 aromatic heterocycles. The molecule has 0 unspecified atom stereocenters. The van der Waals surface area contributed by atoms with Crippen molar-refractivity contribution < 1.29 is 28.6 Å². The third-order valence-corrected chi connectivity index (χ3v) is 4.60. The molecular formula is C19H20FNO5S. The number of amides is 1. The van der Waals surface area contributed by atoms with Crippen molar-refractivity contribution in [3.8, 4) is 11.1 Å². The molecule has 0 fully saturated rings. The molecular weight excluding hydrogens is 373 g/mol. The summed E-state index contributed by atoms with van der Waals surface area (Å²) in [5.74, 6) is -2.61. The lowest BCUT2D eigenvalue weighted by atomic mass is 10.0. The van der Waals surface area contributed by atoms with Gasteiger partial charge in [-0.25, -0.2) is 9.18 Å². The monoisotopic (exact) mass is 393 g/mol. The summed E-state index contributed by atoms with van der Waals surface area (Å²) in [7, 11) is 0. The fourth-order valence-corrected chi connectivity index (χ4v) is 3.55. The quantitative estimate of drug-likeness (QED) is 0.687. The molecule has 1 heterocycles. The Morgan fingerprint density at radius 1 is 1.19 bits per heavy atom. The van der Waals surface area contributed by atoms with Crippen LogP contribution in [0.2, 0.25) is 0 Å². The minimum absolute atomic E-state index is 0.182. The van der Waals surface area contributed by atoms with Crippen molar-refractivity contribution in [1.82, 2.24) is 0 Å². The number of nitrogens with one attached hydrogen (secondary N) is 1. The number of rotatable bonds is 7. The molecule has 2 N–H and O–H groups in total. The van der Waals surface area contributed by atoms with Gasteiger partial charge in [0.2, 0.25) is 5.91 Å². The molecule has 0 aliphatic carbocycles. The van der Waals surface area contributed by atoms with Crippen molar-refractivity contribution in [2.75, 3.05) is 5.32 Å². The average Bonchev–Trinajstić information content (AvgIpc) is 2.89. The van der Waals surface area contributed by atoms with Gasteiger partial charge >= 0.3 is 11.9 Å². The van der Waals surface area contributed by atoms with E-state index in [0.717, 1.165) is 4.88 Å². The maximum atomic E-state index is 13.3. The van der Waals surface area contributed by atoms with Crippen LogP contribution in [0.3, 0.4) is 0 Å². The summed E-state index contributed by atoms with van der Waals surface area (Å²) in [4.78, 5) is 36.1. The number of benzene rings is 1. The number of hydrogen-bond acceptors (Lipinski definition) is 5. The van der Waals surface area contributed by atoms with Gasteiger partial charge in [-0.05, 0) is 38.5 Å². The Morgan fingerprint density at radius 3 is 2.37 bits per heavy atom. The van der Waals surface area contributed by atoms with Gasteiger partial charge < -0.3 is 15.2 Å². The maximum Gasteiger partial charge on any atom is 0.342 e. The van der Waals surface area contributed by atoms with Gasteiger partial charge in [-0.15, -0.1) is 11.3 Å². The standard InChI is InChI=1S/C19H20FNO5S/c1-10(2)26-19(25)17-16(12-4-6-13(20)7-5-12)11(3)27-18(17)21-14(22)8-9-15(23)24/h4-7,10H,8-9H2,1-3H3,(H,21,22)(H,23,24). The molecule has 2 rings (SSSR count). The summed E-state index contributed by atoms with van der Waals surface area (Å²) >= 11 is 1.18. The molecule has 0 radical (unpaired) electrons. The highest BCUT2D eigenvalue weighted by Crippen LogP contribution is 2.40. The normalized spacial score (nSPS) is 10.7. The number of carbonyl (C=O) groups excluding carboxylic acids is 2. The fourth-order valence-electron chi connectivity index (χ4n) is 2.47. The van der Waals surface area contributed by atoms with Crippen LogP contribution in [0.25, 0.3) is 11.1 Å². The van der Waals surface area contributed by atoms with Crippen LogP contribution in [0, 0.1) is 12.7 Å². The van der Waals surface area contributed by atoms with Gasteiger partial charge in [0.15, 0.2) is 0 Å². The van der Waals surface area contributed by atoms with Gasteiger partial charge in [-0.2, -0.15) is 0 Å². The van der Waals surface area contributed by atoms with Gasteiger partial charge in [0.25, 0.3) is 0 Å². The van der Waals surface area contributed by atoms with Crippen LogP contribution in [0.1, 0.15) is 41.9 Å². The third-order valence-electron chi connectivity index (χ3n) is 3.58. The number of carboxylic acid groups (broad SMARTS) is 1. The van der Waals surface area contributed by atoms with E-state index in [9.17, 15) is 18.8 Å². The van der Waals surface area contributed by atoms with Crippen molar-refractivity contribution in [1.29, 1.82) is 0 Å². The van der Waals surface area contributed by atoms with E-state index in [-0.39, 0.29) is 29.5 Å². The van der Waals surface area contributed by atoms with E-state index >= 15 is 0 Å². The van der Waals surface area contributed by atoms with Crippen LogP contribution in [0.4, 0.5) is 9.39 Å². The summed E-state index contributed by atoms with van der Waals surface area (Å²) in [6.45, 7) is 5.20. The largest absolute Gasteiger partial charge is 0.481 e. The third kappa shape index (κ3) is 5.37. The minimum atomic E-state index is -1.08. The van der Waals surface area contributed by atoms with E-state index in [4.69, 9.17) is 9.84 Å². The Balaban J connectivity index is 2.45. The first-order valence-electron chi connectivity index (χ1n) is 8.31. The number of esters is 1. The molecule has 27 heavy (non-hydrogen) atoms. The summed E-state index contributed by atoms with van der Waals surface area (Å²) in [5.41, 5.74) is 1.35. The van der Waals surface area contributed by atoms with Crippen LogP contribution in [-0.2, 0) is 14.3 Å². The molecule has 6 nitrogen and oxygen atoms in total. The Bertz CT molecular complexity index is 858. The molecule has 0 saturated heterocycles. The van der Waals surface area contributed by atoms with Crippen molar-refractivity contribution in [2.45, 2.75) is 39.7 Å². The lowest BCUT2D eigenvalue weighted by Gasteiger charge is -2.12. The van der Waals surface area contributed by atoms with Crippen LogP contribution in [0.15, 0.2) is 24.3 Å². The van der Waals surface area contributed by atoms with Crippen LogP contribution in [0.5, 0.6) is 0 Å². The van der Waals surface area contributed by atoms with E-state index in [1.165, 1.54) is 23.5 Å². The predicted molar refractivity (Wildman–Crippen MR) is 101 cm³/mol. The molecule has 2 aromatic rings. The smallest absolute Gasteiger partial charge is 0.342 e. The Hall–Kier alpha value is -2.74. The number of carboxylic acids is 1. The van der Waals surface area contributed by atoms with Crippen molar-refractivity contribution in [3.05, 3.63) is 40.5 Å². The summed E-state index contributed by atoms with van der Waals surface area (Å²) in [6, 6.07) is 5.67. The second-order valence-electron chi connectivity index (χ2n) is 6.14. The number of halogens is 1. The highest BCUT2D eigenvalue weighted by Gasteiger charge is 2.26. The lowest BCUT2D eigenvalue weighted by Crippen LogP contribution is -2.17. The molecule has 0 spiro atoms. The highest BCUT2D eigenvalue weighted by molar-refractivity contribution is 7.17. The van der Waals surface area contributed by atoms with Gasteiger partial charge in [0, 0.05) is 16.9 Å². The van der Waals surface area contributed by atoms with Gasteiger partial charge in [0.05, 0.1) is 12.5 Å². The van der Waals surface area contributed by atoms with E-state index in [0.29, 0.717) is 11.1 Å².